The number of nitro groups is 1. The zero-order valence-corrected chi connectivity index (χ0v) is 10.3. The number of hydrogen-bond donors (Lipinski definition) is 2. The fraction of sp³-hybridized carbons (Fsp3) is 0.222. The number of nitrogens with zero attached hydrogens (tertiary/aromatic N) is 2. The van der Waals surface area contributed by atoms with E-state index >= 15 is 0 Å². The maximum Gasteiger partial charge on any atom is 0.277 e. The van der Waals surface area contributed by atoms with Gasteiger partial charge in [0, 0.05) is 16.7 Å². The normalized spacial score (nSPS) is 10.9. The van der Waals surface area contributed by atoms with Crippen molar-refractivity contribution < 1.29 is 10.0 Å². The summed E-state index contributed by atoms with van der Waals surface area (Å²) >= 11 is 3.10. The summed E-state index contributed by atoms with van der Waals surface area (Å²) in [4.78, 5) is 10.4. The third-order valence-electron chi connectivity index (χ3n) is 2.29. The molecule has 0 saturated carbocycles. The lowest BCUT2D eigenvalue weighted by Crippen LogP contribution is -2.01. The summed E-state index contributed by atoms with van der Waals surface area (Å²) in [5.74, 6) is 4.88. The van der Waals surface area contributed by atoms with E-state index in [-0.39, 0.29) is 21.5 Å². The Labute approximate surface area is 100 Å². The Hall–Kier alpha value is -1.63. The van der Waals surface area contributed by atoms with Crippen molar-refractivity contribution in [3.63, 3.8) is 0 Å². The zero-order chi connectivity index (χ0) is 12.5. The fourth-order valence-electron chi connectivity index (χ4n) is 1.49. The minimum atomic E-state index is -0.497. The molecule has 0 heterocycles. The first-order valence-corrected chi connectivity index (χ1v) is 5.10. The molecule has 1 rings (SSSR count). The van der Waals surface area contributed by atoms with Gasteiger partial charge in [0.25, 0.3) is 5.69 Å². The molecule has 0 amide bonds. The monoisotopic (exact) mass is 287 g/mol. The highest BCUT2D eigenvalue weighted by atomic mass is 79.9. The standard InChI is InChI=1S/C9H10BrN3O3/c1-4-6(3-12-11)9(14)7(10)5(2)8(4)13(15)16/h3,14H,11H2,1-2H3. The van der Waals surface area contributed by atoms with Gasteiger partial charge in [0.1, 0.15) is 5.75 Å². The Morgan fingerprint density at radius 2 is 2.06 bits per heavy atom. The molecule has 0 aliphatic carbocycles. The molecule has 0 fully saturated rings. The van der Waals surface area contributed by atoms with Crippen LogP contribution in [-0.2, 0) is 0 Å². The van der Waals surface area contributed by atoms with Crippen LogP contribution in [0, 0.1) is 24.0 Å². The molecule has 0 aliphatic heterocycles. The molecule has 1 aromatic carbocycles. The van der Waals surface area contributed by atoms with Crippen molar-refractivity contribution in [2.24, 2.45) is 10.9 Å². The maximum atomic E-state index is 10.9. The highest BCUT2D eigenvalue weighted by molar-refractivity contribution is 9.10. The predicted molar refractivity (Wildman–Crippen MR) is 63.7 cm³/mol. The van der Waals surface area contributed by atoms with E-state index in [1.807, 2.05) is 0 Å². The largest absolute Gasteiger partial charge is 0.506 e. The molecule has 16 heavy (non-hydrogen) atoms. The minimum absolute atomic E-state index is 0.0559. The molecule has 1 aromatic rings. The van der Waals surface area contributed by atoms with E-state index in [2.05, 4.69) is 21.0 Å². The number of hydrazone groups is 1. The summed E-state index contributed by atoms with van der Waals surface area (Å²) in [5, 5.41) is 23.9. The molecule has 7 heteroatoms. The van der Waals surface area contributed by atoms with Crippen LogP contribution < -0.4 is 5.84 Å². The molecule has 86 valence electrons. The first kappa shape index (κ1) is 12.4. The Morgan fingerprint density at radius 3 is 2.50 bits per heavy atom. The summed E-state index contributed by atoms with van der Waals surface area (Å²) in [5.41, 5.74) is 0.887. The van der Waals surface area contributed by atoms with Crippen LogP contribution in [0.4, 0.5) is 5.69 Å². The van der Waals surface area contributed by atoms with Crippen molar-refractivity contribution in [3.8, 4) is 5.75 Å². The quantitative estimate of drug-likeness (QED) is 0.376. The van der Waals surface area contributed by atoms with Crippen molar-refractivity contribution in [1.29, 1.82) is 0 Å². The summed E-state index contributed by atoms with van der Waals surface area (Å²) in [6.45, 7) is 3.09. The molecule has 0 unspecified atom stereocenters. The van der Waals surface area contributed by atoms with Crippen molar-refractivity contribution in [3.05, 3.63) is 31.3 Å². The maximum absolute atomic E-state index is 10.9. The summed E-state index contributed by atoms with van der Waals surface area (Å²) in [6.07, 6.45) is 1.18. The average molecular weight is 288 g/mol. The van der Waals surface area contributed by atoms with Crippen LogP contribution in [-0.4, -0.2) is 16.2 Å². The van der Waals surface area contributed by atoms with Gasteiger partial charge in [-0.3, -0.25) is 10.1 Å². The van der Waals surface area contributed by atoms with Gasteiger partial charge >= 0.3 is 0 Å². The third-order valence-corrected chi connectivity index (χ3v) is 3.26. The minimum Gasteiger partial charge on any atom is -0.506 e. The lowest BCUT2D eigenvalue weighted by molar-refractivity contribution is -0.386. The van der Waals surface area contributed by atoms with E-state index in [0.717, 1.165) is 0 Å². The molecule has 0 spiro atoms. The van der Waals surface area contributed by atoms with Gasteiger partial charge in [0.05, 0.1) is 15.6 Å². The van der Waals surface area contributed by atoms with Crippen LogP contribution in [0.2, 0.25) is 0 Å². The first-order valence-electron chi connectivity index (χ1n) is 4.31. The first-order chi connectivity index (χ1) is 7.41. The second-order valence-electron chi connectivity index (χ2n) is 3.21. The van der Waals surface area contributed by atoms with Crippen molar-refractivity contribution in [2.75, 3.05) is 0 Å². The molecular weight excluding hydrogens is 278 g/mol. The van der Waals surface area contributed by atoms with E-state index in [1.165, 1.54) is 13.1 Å². The number of benzene rings is 1. The molecule has 0 aliphatic rings. The van der Waals surface area contributed by atoms with Gasteiger partial charge < -0.3 is 10.9 Å². The highest BCUT2D eigenvalue weighted by Gasteiger charge is 2.24. The highest BCUT2D eigenvalue weighted by Crippen LogP contribution is 2.39. The number of phenols is 1. The smallest absolute Gasteiger partial charge is 0.277 e. The van der Waals surface area contributed by atoms with Gasteiger partial charge in [-0.2, -0.15) is 5.10 Å². The molecule has 6 nitrogen and oxygen atoms in total. The summed E-state index contributed by atoms with van der Waals surface area (Å²) < 4.78 is 0.278. The molecule has 0 saturated heterocycles. The Bertz CT molecular complexity index is 486. The average Bonchev–Trinajstić information content (AvgIpc) is 2.21. The number of halogens is 1. The number of aromatic hydroxyl groups is 1. The van der Waals surface area contributed by atoms with E-state index in [1.54, 1.807) is 6.92 Å². The van der Waals surface area contributed by atoms with E-state index in [0.29, 0.717) is 11.1 Å². The number of nitrogens with two attached hydrogens (primary N) is 1. The lowest BCUT2D eigenvalue weighted by Gasteiger charge is -2.09. The zero-order valence-electron chi connectivity index (χ0n) is 8.69. The molecule has 0 radical (unpaired) electrons. The number of hydrogen-bond acceptors (Lipinski definition) is 5. The van der Waals surface area contributed by atoms with Crippen LogP contribution in [0.5, 0.6) is 5.75 Å². The Morgan fingerprint density at radius 1 is 1.50 bits per heavy atom. The Kier molecular flexibility index (Phi) is 3.48. The van der Waals surface area contributed by atoms with Gasteiger partial charge in [0.15, 0.2) is 0 Å². The van der Waals surface area contributed by atoms with Gasteiger partial charge in [0.2, 0.25) is 0 Å². The Balaban J connectivity index is 3.72. The SMILES string of the molecule is Cc1c(Br)c(O)c(C=NN)c(C)c1[N+](=O)[O-]. The van der Waals surface area contributed by atoms with Crippen LogP contribution in [0.15, 0.2) is 9.57 Å². The van der Waals surface area contributed by atoms with Crippen molar-refractivity contribution in [2.45, 2.75) is 13.8 Å². The van der Waals surface area contributed by atoms with Crippen LogP contribution in [0.3, 0.4) is 0 Å². The third kappa shape index (κ3) is 1.85. The lowest BCUT2D eigenvalue weighted by atomic mass is 10.0. The number of nitro benzene ring substituents is 1. The van der Waals surface area contributed by atoms with Gasteiger partial charge in [-0.1, -0.05) is 0 Å². The van der Waals surface area contributed by atoms with Gasteiger partial charge in [-0.05, 0) is 29.8 Å². The number of rotatable bonds is 2. The molecular formula is C9H10BrN3O3. The second kappa shape index (κ2) is 4.48. The topological polar surface area (TPSA) is 102 Å². The fourth-order valence-corrected chi connectivity index (χ4v) is 1.89. The molecule has 3 N–H and O–H groups in total. The van der Waals surface area contributed by atoms with Crippen molar-refractivity contribution >= 4 is 27.8 Å². The van der Waals surface area contributed by atoms with Gasteiger partial charge in [-0.25, -0.2) is 0 Å². The number of phenolic OH excluding ortho intramolecular Hbond substituents is 1. The second-order valence-corrected chi connectivity index (χ2v) is 4.00. The van der Waals surface area contributed by atoms with Gasteiger partial charge in [-0.15, -0.1) is 0 Å². The molecule has 0 bridgehead atoms. The molecule has 0 atom stereocenters. The van der Waals surface area contributed by atoms with Crippen LogP contribution >= 0.6 is 15.9 Å². The van der Waals surface area contributed by atoms with Crippen LogP contribution in [0.25, 0.3) is 0 Å². The summed E-state index contributed by atoms with van der Waals surface area (Å²) in [6, 6.07) is 0. The summed E-state index contributed by atoms with van der Waals surface area (Å²) in [7, 11) is 0. The van der Waals surface area contributed by atoms with Crippen LogP contribution in [0.1, 0.15) is 16.7 Å². The van der Waals surface area contributed by atoms with E-state index < -0.39 is 4.92 Å². The van der Waals surface area contributed by atoms with E-state index in [4.69, 9.17) is 5.84 Å². The molecule has 0 aromatic heterocycles. The predicted octanol–water partition coefficient (Wildman–Crippen LogP) is 1.97. The van der Waals surface area contributed by atoms with E-state index in [9.17, 15) is 15.2 Å². The van der Waals surface area contributed by atoms with Crippen molar-refractivity contribution in [1.82, 2.24) is 0 Å².